The van der Waals surface area contributed by atoms with Crippen molar-refractivity contribution in [3.05, 3.63) is 65.0 Å². The van der Waals surface area contributed by atoms with Gasteiger partial charge >= 0.3 is 5.97 Å². The fourth-order valence-corrected chi connectivity index (χ4v) is 1.70. The van der Waals surface area contributed by atoms with Gasteiger partial charge in [0.25, 0.3) is 0 Å². The van der Waals surface area contributed by atoms with Crippen molar-refractivity contribution in [2.45, 2.75) is 6.54 Å². The summed E-state index contributed by atoms with van der Waals surface area (Å²) in [4.78, 5) is 10.8. The summed E-state index contributed by atoms with van der Waals surface area (Å²) in [6.07, 6.45) is 0. The number of nitrogens with one attached hydrogen (secondary N) is 1. The Kier molecular flexibility index (Phi) is 3.96. The third-order valence-corrected chi connectivity index (χ3v) is 2.79. The average molecular weight is 270 g/mol. The predicted molar refractivity (Wildman–Crippen MR) is 71.8 cm³/mol. The van der Waals surface area contributed by atoms with Crippen molar-refractivity contribution in [1.29, 1.82) is 5.26 Å². The topological polar surface area (TPSA) is 73.1 Å². The molecule has 0 aliphatic carbocycles. The number of carboxylic acid groups (broad SMARTS) is 1. The molecule has 5 heteroatoms. The van der Waals surface area contributed by atoms with Gasteiger partial charge in [-0.15, -0.1) is 0 Å². The molecule has 2 aromatic rings. The lowest BCUT2D eigenvalue weighted by molar-refractivity contribution is 0.0696. The number of anilines is 1. The number of nitrogens with zero attached hydrogens (tertiary/aromatic N) is 1. The summed E-state index contributed by atoms with van der Waals surface area (Å²) in [5.74, 6) is -1.55. The Bertz CT molecular complexity index is 675. The number of carboxylic acids is 1. The highest BCUT2D eigenvalue weighted by molar-refractivity contribution is 5.87. The Balaban J connectivity index is 2.12. The zero-order valence-corrected chi connectivity index (χ0v) is 10.4. The zero-order chi connectivity index (χ0) is 14.5. The van der Waals surface area contributed by atoms with E-state index in [1.54, 1.807) is 24.3 Å². The first kappa shape index (κ1) is 13.6. The Labute approximate surface area is 115 Å². The summed E-state index contributed by atoms with van der Waals surface area (Å²) in [5.41, 5.74) is 1.58. The number of rotatable bonds is 4. The van der Waals surface area contributed by atoms with E-state index in [-0.39, 0.29) is 17.7 Å². The minimum atomic E-state index is -1.09. The fraction of sp³-hybridized carbons (Fsp3) is 0.0667. The first-order chi connectivity index (χ1) is 9.60. The van der Waals surface area contributed by atoms with Crippen molar-refractivity contribution in [2.75, 3.05) is 5.32 Å². The van der Waals surface area contributed by atoms with Crippen molar-refractivity contribution in [1.82, 2.24) is 0 Å². The van der Waals surface area contributed by atoms with Crippen LogP contribution in [0.25, 0.3) is 0 Å². The molecule has 0 unspecified atom stereocenters. The van der Waals surface area contributed by atoms with Gasteiger partial charge in [-0.1, -0.05) is 0 Å². The molecule has 2 rings (SSSR count). The number of aromatic carboxylic acids is 1. The second kappa shape index (κ2) is 5.85. The van der Waals surface area contributed by atoms with Crippen LogP contribution in [0, 0.1) is 17.1 Å². The van der Waals surface area contributed by atoms with Gasteiger partial charge in [0.15, 0.2) is 0 Å². The molecule has 0 spiro atoms. The first-order valence-electron chi connectivity index (χ1n) is 5.86. The lowest BCUT2D eigenvalue weighted by Crippen LogP contribution is -2.05. The van der Waals surface area contributed by atoms with E-state index in [4.69, 9.17) is 10.4 Å². The van der Waals surface area contributed by atoms with Crippen LogP contribution in [0.3, 0.4) is 0 Å². The van der Waals surface area contributed by atoms with Crippen LogP contribution in [0.5, 0.6) is 0 Å². The molecule has 2 N–H and O–H groups in total. The summed E-state index contributed by atoms with van der Waals surface area (Å²) in [6, 6.07) is 12.4. The number of benzene rings is 2. The lowest BCUT2D eigenvalue weighted by atomic mass is 10.1. The molecule has 0 heterocycles. The quantitative estimate of drug-likeness (QED) is 0.895. The average Bonchev–Trinajstić information content (AvgIpc) is 2.46. The van der Waals surface area contributed by atoms with Crippen LogP contribution in [0.4, 0.5) is 10.1 Å². The van der Waals surface area contributed by atoms with Crippen molar-refractivity contribution in [2.24, 2.45) is 0 Å². The molecule has 0 atom stereocenters. The highest BCUT2D eigenvalue weighted by atomic mass is 19.1. The highest BCUT2D eigenvalue weighted by Gasteiger charge is 2.08. The predicted octanol–water partition coefficient (Wildman–Crippen LogP) is 3.01. The smallest absolute Gasteiger partial charge is 0.335 e. The molecule has 0 aliphatic heterocycles. The van der Waals surface area contributed by atoms with Crippen LogP contribution in [0.1, 0.15) is 21.5 Å². The monoisotopic (exact) mass is 270 g/mol. The fourth-order valence-electron chi connectivity index (χ4n) is 1.70. The Morgan fingerprint density at radius 2 is 1.95 bits per heavy atom. The van der Waals surface area contributed by atoms with Gasteiger partial charge in [-0.05, 0) is 42.5 Å². The molecule has 0 aliphatic rings. The van der Waals surface area contributed by atoms with E-state index in [2.05, 4.69) is 5.32 Å². The van der Waals surface area contributed by atoms with Crippen LogP contribution >= 0.6 is 0 Å². The number of hydrogen-bond donors (Lipinski definition) is 2. The Morgan fingerprint density at radius 1 is 1.25 bits per heavy atom. The lowest BCUT2D eigenvalue weighted by Gasteiger charge is -2.08. The maximum Gasteiger partial charge on any atom is 0.335 e. The number of carbonyl (C=O) groups is 1. The minimum absolute atomic E-state index is 0.0445. The molecule has 0 fully saturated rings. The molecule has 0 radical (unpaired) electrons. The maximum absolute atomic E-state index is 13.6. The number of nitriles is 1. The van der Waals surface area contributed by atoms with Crippen LogP contribution in [0.2, 0.25) is 0 Å². The van der Waals surface area contributed by atoms with Crippen LogP contribution in [-0.2, 0) is 6.54 Å². The van der Waals surface area contributed by atoms with E-state index in [1.807, 2.05) is 6.07 Å². The molecule has 0 aromatic heterocycles. The van der Waals surface area contributed by atoms with Gasteiger partial charge in [-0.25, -0.2) is 9.18 Å². The molecule has 100 valence electrons. The first-order valence-corrected chi connectivity index (χ1v) is 5.86. The van der Waals surface area contributed by atoms with Gasteiger partial charge < -0.3 is 10.4 Å². The summed E-state index contributed by atoms with van der Waals surface area (Å²) in [5, 5.41) is 20.5. The molecular formula is C15H11FN2O2. The summed E-state index contributed by atoms with van der Waals surface area (Å²) >= 11 is 0. The van der Waals surface area contributed by atoms with Crippen LogP contribution in [0.15, 0.2) is 42.5 Å². The van der Waals surface area contributed by atoms with E-state index in [9.17, 15) is 9.18 Å². The van der Waals surface area contributed by atoms with E-state index < -0.39 is 11.8 Å². The summed E-state index contributed by atoms with van der Waals surface area (Å²) in [6.45, 7) is 0.166. The molecule has 0 saturated heterocycles. The maximum atomic E-state index is 13.6. The van der Waals surface area contributed by atoms with Gasteiger partial charge in [0.2, 0.25) is 0 Å². The van der Waals surface area contributed by atoms with Crippen molar-refractivity contribution in [3.63, 3.8) is 0 Å². The number of hydrogen-bond acceptors (Lipinski definition) is 3. The highest BCUT2D eigenvalue weighted by Crippen LogP contribution is 2.14. The van der Waals surface area contributed by atoms with Gasteiger partial charge in [0.1, 0.15) is 5.82 Å². The second-order valence-corrected chi connectivity index (χ2v) is 4.15. The third-order valence-electron chi connectivity index (χ3n) is 2.79. The molecule has 0 saturated carbocycles. The van der Waals surface area contributed by atoms with Gasteiger partial charge in [-0.3, -0.25) is 0 Å². The third kappa shape index (κ3) is 3.12. The van der Waals surface area contributed by atoms with Crippen molar-refractivity contribution in [3.8, 4) is 6.07 Å². The summed E-state index contributed by atoms with van der Waals surface area (Å²) in [7, 11) is 0. The van der Waals surface area contributed by atoms with Gasteiger partial charge in [0, 0.05) is 17.8 Å². The van der Waals surface area contributed by atoms with Gasteiger partial charge in [-0.2, -0.15) is 5.26 Å². The molecule has 0 amide bonds. The second-order valence-electron chi connectivity index (χ2n) is 4.15. The largest absolute Gasteiger partial charge is 0.478 e. The van der Waals surface area contributed by atoms with Crippen molar-refractivity contribution < 1.29 is 14.3 Å². The minimum Gasteiger partial charge on any atom is -0.478 e. The zero-order valence-electron chi connectivity index (χ0n) is 10.4. The van der Waals surface area contributed by atoms with Gasteiger partial charge in [0.05, 0.1) is 17.2 Å². The van der Waals surface area contributed by atoms with Crippen molar-refractivity contribution >= 4 is 11.7 Å². The van der Waals surface area contributed by atoms with E-state index in [0.29, 0.717) is 5.56 Å². The standard InChI is InChI=1S/C15H11FN2O2/c16-14-6-3-11(15(19)20)7-12(14)9-18-13-4-1-10(8-17)2-5-13/h1-7,18H,9H2,(H,19,20). The van der Waals surface area contributed by atoms with Crippen LogP contribution in [-0.4, -0.2) is 11.1 Å². The van der Waals surface area contributed by atoms with E-state index >= 15 is 0 Å². The van der Waals surface area contributed by atoms with E-state index in [0.717, 1.165) is 11.8 Å². The Morgan fingerprint density at radius 3 is 2.55 bits per heavy atom. The number of halogens is 1. The molecule has 20 heavy (non-hydrogen) atoms. The molecular weight excluding hydrogens is 259 g/mol. The normalized spacial score (nSPS) is 9.80. The van der Waals surface area contributed by atoms with E-state index in [1.165, 1.54) is 12.1 Å². The van der Waals surface area contributed by atoms with Crippen LogP contribution < -0.4 is 5.32 Å². The molecule has 4 nitrogen and oxygen atoms in total. The SMILES string of the molecule is N#Cc1ccc(NCc2cc(C(=O)O)ccc2F)cc1. The molecule has 2 aromatic carbocycles. The molecule has 0 bridgehead atoms. The Hall–Kier alpha value is -2.87. The summed E-state index contributed by atoms with van der Waals surface area (Å²) < 4.78 is 13.6.